The molecular formula is C25H27F3N6OS. The van der Waals surface area contributed by atoms with Crippen molar-refractivity contribution < 1.29 is 18.0 Å². The first kappa shape index (κ1) is 23.5. The largest absolute Gasteiger partial charge is 0.393 e. The van der Waals surface area contributed by atoms with Crippen LogP contribution in [0.2, 0.25) is 0 Å². The lowest BCUT2D eigenvalue weighted by Gasteiger charge is -2.49. The Morgan fingerprint density at radius 2 is 2.08 bits per heavy atom. The van der Waals surface area contributed by atoms with Crippen molar-refractivity contribution in [3.8, 4) is 0 Å². The number of alkyl halides is 3. The van der Waals surface area contributed by atoms with Crippen LogP contribution in [0, 0.1) is 5.41 Å². The molecule has 1 amide bonds. The summed E-state index contributed by atoms with van der Waals surface area (Å²) in [4.78, 5) is 23.6. The summed E-state index contributed by atoms with van der Waals surface area (Å²) in [6, 6.07) is 8.17. The topological polar surface area (TPSA) is 82.2 Å². The number of fused-ring (bicyclic) bond motifs is 2. The molecule has 1 unspecified atom stereocenters. The molecular weight excluding hydrogens is 489 g/mol. The van der Waals surface area contributed by atoms with Gasteiger partial charge in [-0.25, -0.2) is 4.98 Å². The van der Waals surface area contributed by atoms with Gasteiger partial charge < -0.3 is 20.9 Å². The third-order valence-corrected chi connectivity index (χ3v) is 8.50. The molecule has 190 valence electrons. The van der Waals surface area contributed by atoms with E-state index in [1.54, 1.807) is 13.1 Å². The number of amides is 1. The van der Waals surface area contributed by atoms with Gasteiger partial charge in [-0.05, 0) is 42.5 Å². The van der Waals surface area contributed by atoms with Crippen LogP contribution < -0.4 is 20.9 Å². The highest BCUT2D eigenvalue weighted by Crippen LogP contribution is 2.48. The lowest BCUT2D eigenvalue weighted by molar-refractivity contribution is -0.126. The third kappa shape index (κ3) is 4.50. The molecule has 3 aliphatic rings. The van der Waals surface area contributed by atoms with E-state index in [9.17, 15) is 18.0 Å². The summed E-state index contributed by atoms with van der Waals surface area (Å²) in [5.74, 6) is 1.19. The summed E-state index contributed by atoms with van der Waals surface area (Å²) >= 11 is 1.08. The normalized spacial score (nSPS) is 20.6. The monoisotopic (exact) mass is 516 g/mol. The van der Waals surface area contributed by atoms with Crippen LogP contribution >= 0.6 is 11.3 Å². The second-order valence-electron chi connectivity index (χ2n) is 10.2. The fraction of sp³-hybridized carbons (Fsp3) is 0.480. The van der Waals surface area contributed by atoms with Gasteiger partial charge in [0.05, 0.1) is 18.2 Å². The number of benzene rings is 1. The highest BCUT2D eigenvalue weighted by Gasteiger charge is 2.49. The second-order valence-corrected chi connectivity index (χ2v) is 11.4. The van der Waals surface area contributed by atoms with Gasteiger partial charge in [-0.15, -0.1) is 11.3 Å². The minimum atomic E-state index is -4.25. The molecule has 6 rings (SSSR count). The zero-order valence-electron chi connectivity index (χ0n) is 19.8. The van der Waals surface area contributed by atoms with Crippen molar-refractivity contribution in [1.82, 2.24) is 15.3 Å². The van der Waals surface area contributed by atoms with Crippen molar-refractivity contribution >= 4 is 44.9 Å². The van der Waals surface area contributed by atoms with Crippen LogP contribution in [0.1, 0.15) is 35.3 Å². The van der Waals surface area contributed by atoms with Gasteiger partial charge in [-0.3, -0.25) is 4.79 Å². The van der Waals surface area contributed by atoms with E-state index in [0.29, 0.717) is 28.6 Å². The summed E-state index contributed by atoms with van der Waals surface area (Å²) in [6.07, 6.45) is -1.49. The SMILES string of the molecule is CNc1nc(N2CC3(CCC(NCc4ccc5c(c4)NC(=O)C5)C3)C2)c2cc(CC(F)(F)F)sc2n1. The number of hydrogen-bond donors (Lipinski definition) is 3. The molecule has 2 fully saturated rings. The molecule has 1 saturated carbocycles. The lowest BCUT2D eigenvalue weighted by atomic mass is 9.78. The van der Waals surface area contributed by atoms with Crippen molar-refractivity contribution in [3.63, 3.8) is 0 Å². The van der Waals surface area contributed by atoms with Crippen molar-refractivity contribution in [2.45, 2.75) is 50.9 Å². The molecule has 4 heterocycles. The van der Waals surface area contributed by atoms with E-state index in [4.69, 9.17) is 0 Å². The molecule has 3 aromatic rings. The fourth-order valence-corrected chi connectivity index (χ4v) is 6.86. The fourth-order valence-electron chi connectivity index (χ4n) is 5.81. The Hall–Kier alpha value is -2.92. The molecule has 11 heteroatoms. The Morgan fingerprint density at radius 3 is 2.86 bits per heavy atom. The van der Waals surface area contributed by atoms with Gasteiger partial charge >= 0.3 is 6.18 Å². The van der Waals surface area contributed by atoms with E-state index in [0.717, 1.165) is 72.9 Å². The van der Waals surface area contributed by atoms with Crippen molar-refractivity contribution in [2.75, 3.05) is 35.7 Å². The van der Waals surface area contributed by atoms with Crippen LogP contribution in [0.4, 0.5) is 30.6 Å². The number of aromatic nitrogens is 2. The first-order chi connectivity index (χ1) is 17.2. The van der Waals surface area contributed by atoms with E-state index in [1.807, 2.05) is 6.07 Å². The number of nitrogens with one attached hydrogen (secondary N) is 3. The molecule has 0 bridgehead atoms. The van der Waals surface area contributed by atoms with E-state index in [1.165, 1.54) is 0 Å². The molecule has 3 N–H and O–H groups in total. The van der Waals surface area contributed by atoms with Gasteiger partial charge in [0.2, 0.25) is 11.9 Å². The van der Waals surface area contributed by atoms with Crippen LogP contribution in [-0.2, 0) is 24.2 Å². The number of halogens is 3. The second kappa shape index (κ2) is 8.58. The number of nitrogens with zero attached hydrogens (tertiary/aromatic N) is 3. The van der Waals surface area contributed by atoms with Crippen LogP contribution in [0.3, 0.4) is 0 Å². The molecule has 1 atom stereocenters. The quantitative estimate of drug-likeness (QED) is 0.448. The van der Waals surface area contributed by atoms with Gasteiger partial charge in [0.15, 0.2) is 0 Å². The minimum absolute atomic E-state index is 0.0456. The Morgan fingerprint density at radius 1 is 1.25 bits per heavy atom. The predicted octanol–water partition coefficient (Wildman–Crippen LogP) is 4.48. The number of carbonyl (C=O) groups excluding carboxylic acids is 1. The van der Waals surface area contributed by atoms with Gasteiger partial charge in [0.25, 0.3) is 0 Å². The number of thiophene rings is 1. The van der Waals surface area contributed by atoms with Crippen molar-refractivity contribution in [1.29, 1.82) is 0 Å². The standard InChI is InChI=1S/C25H27F3N6OS/c1-29-23-32-21(18-8-17(10-25(26,27)28)36-22(18)33-23)34-12-24(13-34)5-4-16(9-24)30-11-14-2-3-15-7-20(35)31-19(15)6-14/h2-3,6,8,16,30H,4-5,7,9-13H2,1H3,(H,31,35)(H,29,32,33). The molecule has 1 spiro atoms. The van der Waals surface area contributed by atoms with Crippen molar-refractivity contribution in [2.24, 2.45) is 5.41 Å². The average Bonchev–Trinajstić information content (AvgIpc) is 3.49. The Labute approximate surface area is 210 Å². The summed E-state index contributed by atoms with van der Waals surface area (Å²) in [7, 11) is 1.72. The molecule has 1 aromatic carbocycles. The van der Waals surface area contributed by atoms with Gasteiger partial charge in [-0.2, -0.15) is 18.2 Å². The zero-order valence-corrected chi connectivity index (χ0v) is 20.7. The molecule has 2 aliphatic heterocycles. The Balaban J connectivity index is 1.11. The summed E-state index contributed by atoms with van der Waals surface area (Å²) in [5, 5.41) is 10.2. The number of anilines is 3. The number of hydrogen-bond acceptors (Lipinski definition) is 7. The molecule has 36 heavy (non-hydrogen) atoms. The van der Waals surface area contributed by atoms with E-state index in [2.05, 4.69) is 43.0 Å². The van der Waals surface area contributed by atoms with Gasteiger partial charge in [-0.1, -0.05) is 12.1 Å². The van der Waals surface area contributed by atoms with Crippen LogP contribution in [-0.4, -0.2) is 48.2 Å². The average molecular weight is 517 g/mol. The first-order valence-electron chi connectivity index (χ1n) is 12.1. The van der Waals surface area contributed by atoms with E-state index < -0.39 is 12.6 Å². The summed E-state index contributed by atoms with van der Waals surface area (Å²) in [6.45, 7) is 2.44. The first-order valence-corrected chi connectivity index (χ1v) is 13.0. The predicted molar refractivity (Wildman–Crippen MR) is 135 cm³/mol. The summed E-state index contributed by atoms with van der Waals surface area (Å²) < 4.78 is 38.9. The third-order valence-electron chi connectivity index (χ3n) is 7.47. The zero-order chi connectivity index (χ0) is 25.1. The number of carbonyl (C=O) groups is 1. The lowest BCUT2D eigenvalue weighted by Crippen LogP contribution is -2.56. The van der Waals surface area contributed by atoms with Gasteiger partial charge in [0, 0.05) is 48.7 Å². The maximum atomic E-state index is 13.0. The maximum Gasteiger partial charge on any atom is 0.393 e. The molecule has 0 radical (unpaired) electrons. The number of rotatable bonds is 6. The Bertz CT molecular complexity index is 1330. The smallest absolute Gasteiger partial charge is 0.357 e. The minimum Gasteiger partial charge on any atom is -0.357 e. The molecule has 1 aliphatic carbocycles. The maximum absolute atomic E-state index is 13.0. The molecule has 1 saturated heterocycles. The summed E-state index contributed by atoms with van der Waals surface area (Å²) in [5.41, 5.74) is 3.32. The van der Waals surface area contributed by atoms with E-state index in [-0.39, 0.29) is 16.2 Å². The van der Waals surface area contributed by atoms with Gasteiger partial charge in [0.1, 0.15) is 10.6 Å². The Kier molecular flexibility index (Phi) is 5.60. The van der Waals surface area contributed by atoms with Crippen LogP contribution in [0.5, 0.6) is 0 Å². The van der Waals surface area contributed by atoms with E-state index >= 15 is 0 Å². The van der Waals surface area contributed by atoms with Crippen LogP contribution in [0.15, 0.2) is 24.3 Å². The van der Waals surface area contributed by atoms with Crippen molar-refractivity contribution in [3.05, 3.63) is 40.3 Å². The highest BCUT2D eigenvalue weighted by molar-refractivity contribution is 7.18. The van der Waals surface area contributed by atoms with Crippen LogP contribution in [0.25, 0.3) is 10.2 Å². The highest BCUT2D eigenvalue weighted by atomic mass is 32.1. The molecule has 2 aromatic heterocycles. The molecule has 7 nitrogen and oxygen atoms in total.